The quantitative estimate of drug-likeness (QED) is 0.599. The van der Waals surface area contributed by atoms with Crippen LogP contribution < -0.4 is 10.6 Å². The second kappa shape index (κ2) is 8.22. The molecule has 2 aromatic rings. The fourth-order valence-electron chi connectivity index (χ4n) is 2.91. The lowest BCUT2D eigenvalue weighted by molar-refractivity contribution is -0.384. The van der Waals surface area contributed by atoms with Crippen LogP contribution in [0.25, 0.3) is 0 Å². The molecule has 3 amide bonds. The molecule has 8 nitrogen and oxygen atoms in total. The van der Waals surface area contributed by atoms with Gasteiger partial charge in [0, 0.05) is 37.0 Å². The highest BCUT2D eigenvalue weighted by Crippen LogP contribution is 2.25. The number of nitrogens with one attached hydrogen (secondary N) is 2. The van der Waals surface area contributed by atoms with Crippen LogP contribution in [0, 0.1) is 15.9 Å². The molecule has 1 saturated heterocycles. The van der Waals surface area contributed by atoms with Gasteiger partial charge in [0.05, 0.1) is 15.5 Å². The molecule has 0 aliphatic carbocycles. The van der Waals surface area contributed by atoms with E-state index in [-0.39, 0.29) is 28.9 Å². The Balaban J connectivity index is 1.59. The van der Waals surface area contributed by atoms with Gasteiger partial charge in [0.1, 0.15) is 5.82 Å². The summed E-state index contributed by atoms with van der Waals surface area (Å²) in [6.45, 7) is 0.619. The van der Waals surface area contributed by atoms with E-state index in [1.165, 1.54) is 41.3 Å². The zero-order valence-corrected chi connectivity index (χ0v) is 15.3. The van der Waals surface area contributed by atoms with Crippen LogP contribution in [0.3, 0.4) is 0 Å². The standard InChI is InChI=1S/C18H16ClFN4O4/c19-16-6-5-14(24(27)28)9-15(16)17(25)23-8-7-13(10-23)22-18(26)21-12-3-1-11(20)2-4-12/h1-6,9,13H,7-8,10H2,(H2,21,22,26). The minimum Gasteiger partial charge on any atom is -0.336 e. The number of nitro groups is 1. The maximum Gasteiger partial charge on any atom is 0.319 e. The number of urea groups is 1. The molecule has 1 atom stereocenters. The van der Waals surface area contributed by atoms with E-state index < -0.39 is 22.7 Å². The lowest BCUT2D eigenvalue weighted by Gasteiger charge is -2.18. The monoisotopic (exact) mass is 406 g/mol. The van der Waals surface area contributed by atoms with E-state index in [1.807, 2.05) is 0 Å². The average Bonchev–Trinajstić information content (AvgIpc) is 3.11. The highest BCUT2D eigenvalue weighted by atomic mass is 35.5. The number of hydrogen-bond acceptors (Lipinski definition) is 4. The molecule has 2 N–H and O–H groups in total. The topological polar surface area (TPSA) is 105 Å². The summed E-state index contributed by atoms with van der Waals surface area (Å²) in [4.78, 5) is 36.5. The highest BCUT2D eigenvalue weighted by Gasteiger charge is 2.29. The summed E-state index contributed by atoms with van der Waals surface area (Å²) in [6, 6.07) is 8.26. The molecule has 2 aromatic carbocycles. The molecule has 1 unspecified atom stereocenters. The zero-order valence-electron chi connectivity index (χ0n) is 14.5. The molecule has 0 aromatic heterocycles. The van der Waals surface area contributed by atoms with Crippen LogP contribution >= 0.6 is 11.6 Å². The smallest absolute Gasteiger partial charge is 0.319 e. The van der Waals surface area contributed by atoms with Crippen molar-refractivity contribution in [1.82, 2.24) is 10.2 Å². The second-order valence-corrected chi connectivity index (χ2v) is 6.67. The van der Waals surface area contributed by atoms with E-state index in [1.54, 1.807) is 0 Å². The molecule has 146 valence electrons. The number of halogens is 2. The first-order chi connectivity index (χ1) is 13.3. The number of amides is 3. The predicted molar refractivity (Wildman–Crippen MR) is 101 cm³/mol. The van der Waals surface area contributed by atoms with E-state index in [9.17, 15) is 24.1 Å². The van der Waals surface area contributed by atoms with Gasteiger partial charge in [-0.15, -0.1) is 0 Å². The number of carbonyl (C=O) groups is 2. The van der Waals surface area contributed by atoms with Crippen LogP contribution in [-0.4, -0.2) is 40.9 Å². The van der Waals surface area contributed by atoms with Crippen molar-refractivity contribution in [3.8, 4) is 0 Å². The average molecular weight is 407 g/mol. The zero-order chi connectivity index (χ0) is 20.3. The van der Waals surface area contributed by atoms with E-state index in [4.69, 9.17) is 11.6 Å². The number of likely N-dealkylation sites (tertiary alicyclic amines) is 1. The molecule has 1 aliphatic heterocycles. The van der Waals surface area contributed by atoms with Crippen LogP contribution in [-0.2, 0) is 0 Å². The number of carbonyl (C=O) groups excluding carboxylic acids is 2. The number of hydrogen-bond donors (Lipinski definition) is 2. The normalized spacial score (nSPS) is 15.9. The molecule has 0 saturated carbocycles. The Bertz CT molecular complexity index is 922. The summed E-state index contributed by atoms with van der Waals surface area (Å²) in [7, 11) is 0. The Kier molecular flexibility index (Phi) is 5.74. The van der Waals surface area contributed by atoms with Gasteiger partial charge >= 0.3 is 6.03 Å². The minimum atomic E-state index is -0.596. The largest absolute Gasteiger partial charge is 0.336 e. The Morgan fingerprint density at radius 2 is 1.93 bits per heavy atom. The van der Waals surface area contributed by atoms with Crippen molar-refractivity contribution in [2.45, 2.75) is 12.5 Å². The molecule has 1 heterocycles. The van der Waals surface area contributed by atoms with Crippen LogP contribution in [0.15, 0.2) is 42.5 Å². The van der Waals surface area contributed by atoms with E-state index in [2.05, 4.69) is 10.6 Å². The first kappa shape index (κ1) is 19.6. The van der Waals surface area contributed by atoms with E-state index in [0.29, 0.717) is 18.7 Å². The van der Waals surface area contributed by atoms with Crippen molar-refractivity contribution in [3.05, 3.63) is 69.0 Å². The van der Waals surface area contributed by atoms with Gasteiger partial charge in [-0.1, -0.05) is 11.6 Å². The molecule has 1 fully saturated rings. The third kappa shape index (κ3) is 4.55. The van der Waals surface area contributed by atoms with Gasteiger partial charge in [-0.25, -0.2) is 9.18 Å². The maximum atomic E-state index is 12.9. The summed E-state index contributed by atoms with van der Waals surface area (Å²) in [5.74, 6) is -0.840. The third-order valence-corrected chi connectivity index (χ3v) is 4.63. The van der Waals surface area contributed by atoms with Crippen LogP contribution in [0.5, 0.6) is 0 Å². The molecule has 28 heavy (non-hydrogen) atoms. The maximum absolute atomic E-state index is 12.9. The fourth-order valence-corrected chi connectivity index (χ4v) is 3.11. The second-order valence-electron chi connectivity index (χ2n) is 6.26. The number of nitro benzene ring substituents is 1. The van der Waals surface area contributed by atoms with E-state index in [0.717, 1.165) is 6.07 Å². The molecule has 0 bridgehead atoms. The number of rotatable bonds is 4. The Hall–Kier alpha value is -3.20. The van der Waals surface area contributed by atoms with Gasteiger partial charge in [0.15, 0.2) is 0 Å². The molecule has 0 radical (unpaired) electrons. The molecular weight excluding hydrogens is 391 g/mol. The summed E-state index contributed by atoms with van der Waals surface area (Å²) in [5.41, 5.74) is 0.265. The van der Waals surface area contributed by atoms with Crippen molar-refractivity contribution in [1.29, 1.82) is 0 Å². The summed E-state index contributed by atoms with van der Waals surface area (Å²) < 4.78 is 12.9. The first-order valence-corrected chi connectivity index (χ1v) is 8.77. The summed E-state index contributed by atoms with van der Waals surface area (Å²) >= 11 is 6.02. The number of benzene rings is 2. The Morgan fingerprint density at radius 1 is 1.21 bits per heavy atom. The van der Waals surface area contributed by atoms with Crippen molar-refractivity contribution in [3.63, 3.8) is 0 Å². The Labute approximate surface area is 164 Å². The summed E-state index contributed by atoms with van der Waals surface area (Å²) in [6.07, 6.45) is 0.523. The van der Waals surface area contributed by atoms with Gasteiger partial charge in [-0.2, -0.15) is 0 Å². The van der Waals surface area contributed by atoms with Crippen molar-refractivity contribution in [2.24, 2.45) is 0 Å². The highest BCUT2D eigenvalue weighted by molar-refractivity contribution is 6.33. The van der Waals surface area contributed by atoms with Crippen molar-refractivity contribution < 1.29 is 18.9 Å². The molecule has 3 rings (SSSR count). The molecular formula is C18H16ClFN4O4. The van der Waals surface area contributed by atoms with E-state index >= 15 is 0 Å². The summed E-state index contributed by atoms with van der Waals surface area (Å²) in [5, 5.41) is 16.4. The lowest BCUT2D eigenvalue weighted by Crippen LogP contribution is -2.40. The molecule has 10 heteroatoms. The lowest BCUT2D eigenvalue weighted by atomic mass is 10.1. The van der Waals surface area contributed by atoms with Crippen LogP contribution in [0.1, 0.15) is 16.8 Å². The fraction of sp³-hybridized carbons (Fsp3) is 0.222. The van der Waals surface area contributed by atoms with Gasteiger partial charge in [-0.3, -0.25) is 14.9 Å². The number of nitrogens with zero attached hydrogens (tertiary/aromatic N) is 2. The Morgan fingerprint density at radius 3 is 2.61 bits per heavy atom. The predicted octanol–water partition coefficient (Wildman–Crippen LogP) is 3.42. The third-order valence-electron chi connectivity index (χ3n) is 4.30. The van der Waals surface area contributed by atoms with Crippen LogP contribution in [0.4, 0.5) is 20.6 Å². The molecule has 0 spiro atoms. The first-order valence-electron chi connectivity index (χ1n) is 8.40. The van der Waals surface area contributed by atoms with Gasteiger partial charge in [0.25, 0.3) is 11.6 Å². The minimum absolute atomic E-state index is 0.0484. The number of non-ortho nitro benzene ring substituents is 1. The SMILES string of the molecule is O=C(Nc1ccc(F)cc1)NC1CCN(C(=O)c2cc([N+](=O)[O-])ccc2Cl)C1. The van der Waals surface area contributed by atoms with Gasteiger partial charge in [-0.05, 0) is 36.8 Å². The number of anilines is 1. The van der Waals surface area contributed by atoms with Gasteiger partial charge < -0.3 is 15.5 Å². The van der Waals surface area contributed by atoms with Crippen molar-refractivity contribution in [2.75, 3.05) is 18.4 Å². The van der Waals surface area contributed by atoms with Crippen molar-refractivity contribution >= 4 is 34.9 Å². The molecule has 1 aliphatic rings. The van der Waals surface area contributed by atoms with Gasteiger partial charge in [0.2, 0.25) is 0 Å². The van der Waals surface area contributed by atoms with Crippen LogP contribution in [0.2, 0.25) is 5.02 Å².